The highest BCUT2D eigenvalue weighted by atomic mass is 79.9. The number of halogens is 1. The summed E-state index contributed by atoms with van der Waals surface area (Å²) in [6, 6.07) is 26.7. The van der Waals surface area contributed by atoms with Gasteiger partial charge >= 0.3 is 0 Å². The molecule has 0 atom stereocenters. The number of sulfonamides is 1. The van der Waals surface area contributed by atoms with E-state index >= 15 is 0 Å². The number of hydrogen-bond donors (Lipinski definition) is 3. The van der Waals surface area contributed by atoms with Gasteiger partial charge in [0, 0.05) is 16.6 Å². The minimum absolute atomic E-state index is 0.0595. The zero-order valence-electron chi connectivity index (χ0n) is 21.9. The predicted molar refractivity (Wildman–Crippen MR) is 167 cm³/mol. The molecule has 1 amide bonds. The lowest BCUT2D eigenvalue weighted by Gasteiger charge is -2.14. The van der Waals surface area contributed by atoms with Gasteiger partial charge in [0.1, 0.15) is 5.75 Å². The van der Waals surface area contributed by atoms with Crippen LogP contribution in [0.3, 0.4) is 0 Å². The summed E-state index contributed by atoms with van der Waals surface area (Å²) in [7, 11) is -3.78. The van der Waals surface area contributed by atoms with Crippen molar-refractivity contribution < 1.29 is 17.9 Å². The Morgan fingerprint density at radius 2 is 1.65 bits per heavy atom. The highest BCUT2D eigenvalue weighted by molar-refractivity contribution is 9.10. The molecule has 3 N–H and O–H groups in total. The number of nitrogens with one attached hydrogen (secondary N) is 3. The second kappa shape index (κ2) is 13.1. The molecular weight excluding hydrogens is 610 g/mol. The quantitative estimate of drug-likeness (QED) is 0.179. The molecule has 40 heavy (non-hydrogen) atoms. The van der Waals surface area contributed by atoms with E-state index in [-0.39, 0.29) is 10.0 Å². The molecule has 0 aliphatic carbocycles. The summed E-state index contributed by atoms with van der Waals surface area (Å²) in [5.74, 6) is -0.00400. The van der Waals surface area contributed by atoms with Crippen LogP contribution < -0.4 is 20.1 Å². The number of hydrogen-bond acceptors (Lipinski definition) is 5. The molecule has 0 unspecified atom stereocenters. The zero-order chi connectivity index (χ0) is 28.7. The summed E-state index contributed by atoms with van der Waals surface area (Å²) in [5.41, 5.74) is 4.38. The van der Waals surface area contributed by atoms with Gasteiger partial charge in [0.2, 0.25) is 0 Å². The minimum Gasteiger partial charge on any atom is -0.492 e. The average molecular weight is 639 g/mol. The molecule has 0 aliphatic heterocycles. The molecule has 0 aliphatic rings. The molecule has 0 heterocycles. The number of carbonyl (C=O) groups excluding carboxylic acids is 1. The third-order valence-corrected chi connectivity index (χ3v) is 8.03. The fourth-order valence-electron chi connectivity index (χ4n) is 3.91. The second-order valence-corrected chi connectivity index (χ2v) is 12.1. The first-order valence-electron chi connectivity index (χ1n) is 12.4. The summed E-state index contributed by atoms with van der Waals surface area (Å²) in [6.07, 6.45) is 0.698. The van der Waals surface area contributed by atoms with Crippen LogP contribution in [0.5, 0.6) is 5.75 Å². The van der Waals surface area contributed by atoms with Crippen molar-refractivity contribution in [3.05, 3.63) is 118 Å². The summed E-state index contributed by atoms with van der Waals surface area (Å²) in [5, 5.41) is 5.63. The van der Waals surface area contributed by atoms with Crippen LogP contribution in [0.2, 0.25) is 0 Å². The molecule has 10 heteroatoms. The molecule has 4 aromatic rings. The van der Waals surface area contributed by atoms with Gasteiger partial charge in [-0.25, -0.2) is 8.42 Å². The number of ether oxygens (including phenoxy) is 1. The van der Waals surface area contributed by atoms with E-state index < -0.39 is 15.9 Å². The van der Waals surface area contributed by atoms with Crippen LogP contribution in [0, 0.1) is 13.8 Å². The van der Waals surface area contributed by atoms with Gasteiger partial charge in [-0.05, 0) is 85.7 Å². The van der Waals surface area contributed by atoms with Crippen LogP contribution in [0.15, 0.2) is 100 Å². The van der Waals surface area contributed by atoms with Crippen molar-refractivity contribution in [1.29, 1.82) is 0 Å². The van der Waals surface area contributed by atoms with Crippen molar-refractivity contribution in [3.63, 3.8) is 0 Å². The molecule has 0 bridgehead atoms. The number of aryl methyl sites for hydroxylation is 2. The summed E-state index contributed by atoms with van der Waals surface area (Å²) in [6.45, 7) is 4.20. The lowest BCUT2D eigenvalue weighted by molar-refractivity contribution is 0.0973. The van der Waals surface area contributed by atoms with E-state index in [2.05, 4.69) is 31.3 Å². The zero-order valence-corrected chi connectivity index (χ0v) is 25.1. The van der Waals surface area contributed by atoms with Crippen molar-refractivity contribution in [1.82, 2.24) is 5.32 Å². The molecule has 206 valence electrons. The Bertz CT molecular complexity index is 1630. The Kier molecular flexibility index (Phi) is 9.57. The maximum Gasteiger partial charge on any atom is 0.261 e. The standard InChI is InChI=1S/C30H28BrN3O4S2/c1-20-8-14-27(21(2)18-20)34-40(36,37)25-12-10-24(11-13-25)32-30(39)33-29(35)26-19-23(31)9-15-28(26)38-17-16-22-6-4-3-5-7-22/h3-15,18-19,34H,16-17H2,1-2H3,(H2,32,33,35,39). The molecule has 4 rings (SSSR count). The Labute approximate surface area is 248 Å². The number of anilines is 2. The van der Waals surface area contributed by atoms with E-state index in [4.69, 9.17) is 17.0 Å². The molecule has 7 nitrogen and oxygen atoms in total. The number of rotatable bonds is 9. The Morgan fingerprint density at radius 1 is 0.925 bits per heavy atom. The first kappa shape index (κ1) is 29.3. The van der Waals surface area contributed by atoms with Gasteiger partial charge < -0.3 is 10.1 Å². The lowest BCUT2D eigenvalue weighted by Crippen LogP contribution is -2.34. The first-order valence-corrected chi connectivity index (χ1v) is 15.1. The van der Waals surface area contributed by atoms with E-state index in [0.717, 1.165) is 21.2 Å². The maximum atomic E-state index is 13.0. The number of carbonyl (C=O) groups is 1. The Hall–Kier alpha value is -3.73. The fraction of sp³-hybridized carbons (Fsp3) is 0.133. The van der Waals surface area contributed by atoms with Crippen molar-refractivity contribution >= 4 is 60.6 Å². The van der Waals surface area contributed by atoms with Crippen LogP contribution in [-0.4, -0.2) is 26.0 Å². The van der Waals surface area contributed by atoms with Crippen molar-refractivity contribution in [2.75, 3.05) is 16.6 Å². The van der Waals surface area contributed by atoms with Gasteiger partial charge in [0.15, 0.2) is 5.11 Å². The van der Waals surface area contributed by atoms with Crippen LogP contribution in [0.4, 0.5) is 11.4 Å². The first-order chi connectivity index (χ1) is 19.1. The lowest BCUT2D eigenvalue weighted by atomic mass is 10.1. The van der Waals surface area contributed by atoms with E-state index in [0.29, 0.717) is 35.7 Å². The van der Waals surface area contributed by atoms with Gasteiger partial charge in [-0.15, -0.1) is 0 Å². The van der Waals surface area contributed by atoms with E-state index in [1.54, 1.807) is 36.4 Å². The van der Waals surface area contributed by atoms with Crippen LogP contribution in [0.1, 0.15) is 27.0 Å². The van der Waals surface area contributed by atoms with Crippen molar-refractivity contribution in [3.8, 4) is 5.75 Å². The normalized spacial score (nSPS) is 11.0. The molecule has 0 radical (unpaired) electrons. The predicted octanol–water partition coefficient (Wildman–Crippen LogP) is 6.62. The maximum absolute atomic E-state index is 13.0. The molecule has 4 aromatic carbocycles. The highest BCUT2D eigenvalue weighted by Crippen LogP contribution is 2.24. The van der Waals surface area contributed by atoms with E-state index in [1.165, 1.54) is 12.1 Å². The van der Waals surface area contributed by atoms with Crippen LogP contribution in [-0.2, 0) is 16.4 Å². The number of amides is 1. The molecule has 0 saturated heterocycles. The third kappa shape index (κ3) is 7.91. The highest BCUT2D eigenvalue weighted by Gasteiger charge is 2.17. The van der Waals surface area contributed by atoms with Gasteiger partial charge in [-0.1, -0.05) is 64.0 Å². The van der Waals surface area contributed by atoms with Crippen molar-refractivity contribution in [2.24, 2.45) is 0 Å². The van der Waals surface area contributed by atoms with Gasteiger partial charge in [-0.3, -0.25) is 14.8 Å². The summed E-state index contributed by atoms with van der Waals surface area (Å²) >= 11 is 8.73. The molecule has 0 spiro atoms. The van der Waals surface area contributed by atoms with Gasteiger partial charge in [-0.2, -0.15) is 0 Å². The Morgan fingerprint density at radius 3 is 2.35 bits per heavy atom. The summed E-state index contributed by atoms with van der Waals surface area (Å²) in [4.78, 5) is 13.1. The van der Waals surface area contributed by atoms with Gasteiger partial charge in [0.05, 0.1) is 22.8 Å². The second-order valence-electron chi connectivity index (χ2n) is 9.08. The minimum atomic E-state index is -3.78. The number of thiocarbonyl (C=S) groups is 1. The topological polar surface area (TPSA) is 96.5 Å². The average Bonchev–Trinajstić information content (AvgIpc) is 2.92. The fourth-order valence-corrected chi connectivity index (χ4v) is 5.61. The Balaban J connectivity index is 1.37. The monoisotopic (exact) mass is 637 g/mol. The molecule has 0 fully saturated rings. The van der Waals surface area contributed by atoms with Crippen molar-refractivity contribution in [2.45, 2.75) is 25.2 Å². The van der Waals surface area contributed by atoms with Gasteiger partial charge in [0.25, 0.3) is 15.9 Å². The van der Waals surface area contributed by atoms with Crippen LogP contribution in [0.25, 0.3) is 0 Å². The smallest absolute Gasteiger partial charge is 0.261 e. The molecule has 0 aromatic heterocycles. The molecular formula is C30H28BrN3O4S2. The third-order valence-electron chi connectivity index (χ3n) is 5.95. The van der Waals surface area contributed by atoms with E-state index in [9.17, 15) is 13.2 Å². The largest absolute Gasteiger partial charge is 0.492 e. The number of benzene rings is 4. The molecule has 0 saturated carbocycles. The summed E-state index contributed by atoms with van der Waals surface area (Å²) < 4.78 is 35.0. The van der Waals surface area contributed by atoms with E-state index in [1.807, 2.05) is 56.3 Å². The van der Waals surface area contributed by atoms with Crippen LogP contribution >= 0.6 is 28.1 Å². The SMILES string of the molecule is Cc1ccc(NS(=O)(=O)c2ccc(NC(=S)NC(=O)c3cc(Br)ccc3OCCc3ccccc3)cc2)c(C)c1.